The summed E-state index contributed by atoms with van der Waals surface area (Å²) in [6, 6.07) is 0. The first-order valence-electron chi connectivity index (χ1n) is 2.77. The van der Waals surface area contributed by atoms with Crippen LogP contribution in [0.1, 0.15) is 6.92 Å². The molecule has 0 radical (unpaired) electrons. The minimum absolute atomic E-state index is 0. The van der Waals surface area contributed by atoms with Crippen LogP contribution in [0, 0.1) is 0 Å². The van der Waals surface area contributed by atoms with Crippen LogP contribution in [-0.2, 0) is 0 Å². The van der Waals surface area contributed by atoms with Gasteiger partial charge in [-0.25, -0.2) is 0 Å². The van der Waals surface area contributed by atoms with Gasteiger partial charge in [0.15, 0.2) is 0 Å². The fraction of sp³-hybridized carbons (Fsp3) is 1.00. The molecule has 0 bridgehead atoms. The van der Waals surface area contributed by atoms with E-state index < -0.39 is 6.10 Å². The van der Waals surface area contributed by atoms with Gasteiger partial charge >= 0.3 is 0 Å². The molecule has 0 aromatic carbocycles. The predicted molar refractivity (Wildman–Crippen MR) is 45.8 cm³/mol. The second-order valence-electron chi connectivity index (χ2n) is 1.36. The number of aliphatic hydroxyl groups excluding tert-OH is 2. The van der Waals surface area contributed by atoms with E-state index >= 15 is 0 Å². The molecule has 10 heavy (non-hydrogen) atoms. The Labute approximate surface area is 72.6 Å². The Morgan fingerprint density at radius 1 is 1.60 bits per heavy atom. The molecule has 0 aromatic rings. The first kappa shape index (κ1) is 16.8. The van der Waals surface area contributed by atoms with Gasteiger partial charge in [0.2, 0.25) is 0 Å². The molecule has 1 atom stereocenters. The molecule has 3 nitrogen and oxygen atoms in total. The Bertz CT molecular complexity index is 44.6. The predicted octanol–water partition coefficient (Wildman–Crippen LogP) is -0.0348. The first-order chi connectivity index (χ1) is 4.22. The number of halogens is 2. The van der Waals surface area contributed by atoms with Gasteiger partial charge in [-0.3, -0.25) is 0 Å². The van der Waals surface area contributed by atoms with Gasteiger partial charge < -0.3 is 15.9 Å². The summed E-state index contributed by atoms with van der Waals surface area (Å²) in [4.78, 5) is 0. The van der Waals surface area contributed by atoms with Crippen molar-refractivity contribution in [2.75, 3.05) is 19.0 Å². The van der Waals surface area contributed by atoms with E-state index in [4.69, 9.17) is 27.5 Å². The number of rotatable bonds is 2. The Morgan fingerprint density at radius 3 is 1.90 bits per heavy atom. The molecule has 0 heterocycles. The van der Waals surface area contributed by atoms with Crippen molar-refractivity contribution >= 4 is 24.0 Å². The third-order valence-electron chi connectivity index (χ3n) is 0.450. The Hall–Kier alpha value is 0.460. The van der Waals surface area contributed by atoms with Crippen molar-refractivity contribution in [3.8, 4) is 0 Å². The lowest BCUT2D eigenvalue weighted by molar-refractivity contribution is 0.206. The SMILES string of the molecule is CCO.Cl.NCC(O)CCl. The van der Waals surface area contributed by atoms with Crippen molar-refractivity contribution in [2.45, 2.75) is 13.0 Å². The maximum Gasteiger partial charge on any atom is 0.0797 e. The molecule has 0 aromatic heterocycles. The van der Waals surface area contributed by atoms with Crippen molar-refractivity contribution in [3.63, 3.8) is 0 Å². The molecule has 0 amide bonds. The minimum atomic E-state index is -0.522. The third-order valence-corrected chi connectivity index (χ3v) is 0.806. The summed E-state index contributed by atoms with van der Waals surface area (Å²) in [6.45, 7) is 2.18. The van der Waals surface area contributed by atoms with E-state index in [1.54, 1.807) is 6.92 Å². The first-order valence-corrected chi connectivity index (χ1v) is 3.31. The zero-order valence-electron chi connectivity index (χ0n) is 5.96. The summed E-state index contributed by atoms with van der Waals surface area (Å²) in [5.41, 5.74) is 4.95. The zero-order chi connectivity index (χ0) is 7.70. The molecular formula is C5H15Cl2NO2. The number of nitrogens with two attached hydrogens (primary N) is 1. The van der Waals surface area contributed by atoms with Crippen LogP contribution in [0.5, 0.6) is 0 Å². The van der Waals surface area contributed by atoms with Crippen LogP contribution in [0.3, 0.4) is 0 Å². The quantitative estimate of drug-likeness (QED) is 0.538. The molecule has 0 fully saturated rings. The lowest BCUT2D eigenvalue weighted by Gasteiger charge is -1.96. The zero-order valence-corrected chi connectivity index (χ0v) is 7.53. The van der Waals surface area contributed by atoms with Gasteiger partial charge in [-0.2, -0.15) is 0 Å². The average molecular weight is 192 g/mol. The summed E-state index contributed by atoms with van der Waals surface area (Å²) in [5.74, 6) is 0.233. The second kappa shape index (κ2) is 16.2. The van der Waals surface area contributed by atoms with E-state index in [1.807, 2.05) is 0 Å². The highest BCUT2D eigenvalue weighted by atomic mass is 35.5. The highest BCUT2D eigenvalue weighted by molar-refractivity contribution is 6.18. The van der Waals surface area contributed by atoms with Crippen molar-refractivity contribution < 1.29 is 10.2 Å². The van der Waals surface area contributed by atoms with Gasteiger partial charge in [0.25, 0.3) is 0 Å². The molecule has 0 saturated carbocycles. The monoisotopic (exact) mass is 191 g/mol. The van der Waals surface area contributed by atoms with Crippen LogP contribution in [0.2, 0.25) is 0 Å². The molecule has 1 unspecified atom stereocenters. The molecule has 0 aliphatic heterocycles. The Kier molecular flexibility index (Phi) is 27.3. The van der Waals surface area contributed by atoms with E-state index in [0.29, 0.717) is 0 Å². The molecule has 66 valence electrons. The topological polar surface area (TPSA) is 66.5 Å². The summed E-state index contributed by atoms with van der Waals surface area (Å²) in [5, 5.41) is 16.0. The van der Waals surface area contributed by atoms with Crippen LogP contribution in [0.15, 0.2) is 0 Å². The number of aliphatic hydroxyl groups is 2. The van der Waals surface area contributed by atoms with E-state index in [-0.39, 0.29) is 31.4 Å². The summed E-state index contributed by atoms with van der Waals surface area (Å²) >= 11 is 5.12. The molecule has 5 heteroatoms. The minimum Gasteiger partial charge on any atom is -0.397 e. The molecule has 4 N–H and O–H groups in total. The van der Waals surface area contributed by atoms with Crippen LogP contribution in [-0.4, -0.2) is 35.3 Å². The van der Waals surface area contributed by atoms with Gasteiger partial charge in [-0.1, -0.05) is 0 Å². The summed E-state index contributed by atoms with van der Waals surface area (Å²) in [6.07, 6.45) is -0.522. The standard InChI is InChI=1S/C3H8ClNO.C2H6O.ClH/c4-1-3(6)2-5;1-2-3;/h3,6H,1-2,5H2;3H,2H2,1H3;1H. The largest absolute Gasteiger partial charge is 0.397 e. The average Bonchev–Trinajstić information content (AvgIpc) is 1.88. The Morgan fingerprint density at radius 2 is 1.90 bits per heavy atom. The van der Waals surface area contributed by atoms with Gasteiger partial charge in [-0.15, -0.1) is 24.0 Å². The fourth-order valence-electron chi connectivity index (χ4n) is 0.0630. The van der Waals surface area contributed by atoms with Crippen molar-refractivity contribution in [3.05, 3.63) is 0 Å². The van der Waals surface area contributed by atoms with Crippen LogP contribution in [0.25, 0.3) is 0 Å². The molecule has 0 spiro atoms. The van der Waals surface area contributed by atoms with Crippen molar-refractivity contribution in [1.82, 2.24) is 0 Å². The van der Waals surface area contributed by atoms with Crippen molar-refractivity contribution in [1.29, 1.82) is 0 Å². The van der Waals surface area contributed by atoms with Gasteiger partial charge in [0, 0.05) is 19.0 Å². The van der Waals surface area contributed by atoms with Gasteiger partial charge in [0.05, 0.1) is 6.10 Å². The van der Waals surface area contributed by atoms with E-state index in [9.17, 15) is 0 Å². The summed E-state index contributed by atoms with van der Waals surface area (Å²) in [7, 11) is 0. The highest BCUT2D eigenvalue weighted by Crippen LogP contribution is 1.80. The van der Waals surface area contributed by atoms with Crippen LogP contribution < -0.4 is 5.73 Å². The molecule has 0 aliphatic carbocycles. The lowest BCUT2D eigenvalue weighted by atomic mass is 10.4. The van der Waals surface area contributed by atoms with Gasteiger partial charge in [-0.05, 0) is 6.92 Å². The number of hydrogen-bond donors (Lipinski definition) is 3. The fourth-order valence-corrected chi connectivity index (χ4v) is 0.189. The van der Waals surface area contributed by atoms with E-state index in [2.05, 4.69) is 0 Å². The lowest BCUT2D eigenvalue weighted by Crippen LogP contribution is -2.20. The molecule has 0 saturated heterocycles. The van der Waals surface area contributed by atoms with Crippen LogP contribution in [0.4, 0.5) is 0 Å². The molecular weight excluding hydrogens is 177 g/mol. The summed E-state index contributed by atoms with van der Waals surface area (Å²) < 4.78 is 0. The normalized spacial score (nSPS) is 10.5. The maximum absolute atomic E-state index is 8.41. The van der Waals surface area contributed by atoms with Gasteiger partial charge in [0.1, 0.15) is 0 Å². The van der Waals surface area contributed by atoms with Crippen molar-refractivity contribution in [2.24, 2.45) is 5.73 Å². The van der Waals surface area contributed by atoms with Crippen LogP contribution >= 0.6 is 24.0 Å². The highest BCUT2D eigenvalue weighted by Gasteiger charge is 1.92. The number of alkyl halides is 1. The Balaban J connectivity index is -0.000000107. The molecule has 0 rings (SSSR count). The maximum atomic E-state index is 8.41. The van der Waals surface area contributed by atoms with E-state index in [1.165, 1.54) is 0 Å². The van der Waals surface area contributed by atoms with E-state index in [0.717, 1.165) is 0 Å². The third kappa shape index (κ3) is 23.7. The number of hydrogen-bond acceptors (Lipinski definition) is 3. The smallest absolute Gasteiger partial charge is 0.0797 e. The molecule has 0 aliphatic rings. The second-order valence-corrected chi connectivity index (χ2v) is 1.67.